The molecule has 0 saturated carbocycles. The minimum Gasteiger partial charge on any atom is -0.384 e. The van der Waals surface area contributed by atoms with Gasteiger partial charge in [-0.25, -0.2) is 13.1 Å². The van der Waals surface area contributed by atoms with Crippen LogP contribution in [0.25, 0.3) is 0 Å². The van der Waals surface area contributed by atoms with Crippen molar-refractivity contribution in [2.75, 3.05) is 18.1 Å². The molecule has 0 amide bonds. The summed E-state index contributed by atoms with van der Waals surface area (Å²) in [5, 5.41) is 8.67. The third-order valence-electron chi connectivity index (χ3n) is 3.17. The lowest BCUT2D eigenvalue weighted by Crippen LogP contribution is -2.39. The molecule has 0 aromatic heterocycles. The van der Waals surface area contributed by atoms with E-state index in [0.717, 1.165) is 0 Å². The molecule has 2 rings (SSSR count). The van der Waals surface area contributed by atoms with Gasteiger partial charge in [-0.3, -0.25) is 4.21 Å². The molecular weight excluding hydrogens is 310 g/mol. The van der Waals surface area contributed by atoms with E-state index < -0.39 is 20.8 Å². The molecule has 7 heteroatoms. The zero-order valence-corrected chi connectivity index (χ0v) is 13.0. The Kier molecular flexibility index (Phi) is 5.53. The Morgan fingerprint density at radius 3 is 2.71 bits per heavy atom. The summed E-state index contributed by atoms with van der Waals surface area (Å²) in [5.74, 6) is 6.24. The first-order chi connectivity index (χ1) is 10.0. The molecule has 1 aromatic carbocycles. The van der Waals surface area contributed by atoms with Crippen LogP contribution in [0.4, 0.5) is 0 Å². The van der Waals surface area contributed by atoms with E-state index in [1.165, 1.54) is 12.1 Å². The first kappa shape index (κ1) is 16.2. The summed E-state index contributed by atoms with van der Waals surface area (Å²) in [6, 6.07) is 6.12. The number of hydrogen-bond donors (Lipinski definition) is 2. The van der Waals surface area contributed by atoms with E-state index in [0.29, 0.717) is 29.9 Å². The van der Waals surface area contributed by atoms with Crippen molar-refractivity contribution in [1.82, 2.24) is 4.72 Å². The molecule has 1 aliphatic rings. The number of rotatable bonds is 3. The summed E-state index contributed by atoms with van der Waals surface area (Å²) in [6.45, 7) is -0.269. The topological polar surface area (TPSA) is 83.5 Å². The summed E-state index contributed by atoms with van der Waals surface area (Å²) in [5.41, 5.74) is 0.539. The molecule has 1 heterocycles. The van der Waals surface area contributed by atoms with E-state index in [-0.39, 0.29) is 17.5 Å². The molecule has 2 N–H and O–H groups in total. The molecule has 114 valence electrons. The molecule has 0 unspecified atom stereocenters. The number of sulfonamides is 1. The first-order valence-electron chi connectivity index (χ1n) is 6.58. The maximum Gasteiger partial charge on any atom is 0.240 e. The fourth-order valence-corrected chi connectivity index (χ4v) is 4.73. The van der Waals surface area contributed by atoms with Gasteiger partial charge in [0, 0.05) is 33.9 Å². The second kappa shape index (κ2) is 7.18. The molecule has 0 spiro atoms. The lowest BCUT2D eigenvalue weighted by molar-refractivity contribution is 0.350. The maximum absolute atomic E-state index is 12.3. The Hall–Kier alpha value is -1.20. The zero-order valence-electron chi connectivity index (χ0n) is 11.4. The molecule has 1 fully saturated rings. The van der Waals surface area contributed by atoms with Crippen LogP contribution in [0.3, 0.4) is 0 Å². The van der Waals surface area contributed by atoms with E-state index in [2.05, 4.69) is 16.6 Å². The lowest BCUT2D eigenvalue weighted by atomic mass is 10.2. The van der Waals surface area contributed by atoms with Gasteiger partial charge in [-0.1, -0.05) is 17.9 Å². The minimum absolute atomic E-state index is 0.152. The Morgan fingerprint density at radius 2 is 2.05 bits per heavy atom. The van der Waals surface area contributed by atoms with Crippen molar-refractivity contribution in [3.05, 3.63) is 29.8 Å². The number of hydrogen-bond acceptors (Lipinski definition) is 4. The van der Waals surface area contributed by atoms with Crippen LogP contribution < -0.4 is 4.72 Å². The van der Waals surface area contributed by atoms with Crippen LogP contribution in [-0.4, -0.2) is 41.9 Å². The number of aliphatic hydroxyl groups is 1. The van der Waals surface area contributed by atoms with Crippen LogP contribution in [0.5, 0.6) is 0 Å². The van der Waals surface area contributed by atoms with Crippen LogP contribution in [0.1, 0.15) is 18.4 Å². The highest BCUT2D eigenvalue weighted by Crippen LogP contribution is 2.15. The van der Waals surface area contributed by atoms with E-state index in [1.54, 1.807) is 12.1 Å². The predicted molar refractivity (Wildman–Crippen MR) is 81.6 cm³/mol. The van der Waals surface area contributed by atoms with Crippen molar-refractivity contribution < 1.29 is 17.7 Å². The number of benzene rings is 1. The number of aliphatic hydroxyl groups excluding tert-OH is 1. The van der Waals surface area contributed by atoms with Crippen molar-refractivity contribution in [1.29, 1.82) is 0 Å². The third-order valence-corrected chi connectivity index (χ3v) is 6.07. The normalized spacial score (nSPS) is 22.3. The van der Waals surface area contributed by atoms with Crippen molar-refractivity contribution in [2.45, 2.75) is 23.8 Å². The van der Waals surface area contributed by atoms with Crippen LogP contribution >= 0.6 is 0 Å². The molecule has 0 aliphatic carbocycles. The summed E-state index contributed by atoms with van der Waals surface area (Å²) in [7, 11) is -4.42. The van der Waals surface area contributed by atoms with Gasteiger partial charge in [0.2, 0.25) is 10.0 Å². The Labute approximate surface area is 127 Å². The van der Waals surface area contributed by atoms with Gasteiger partial charge in [-0.2, -0.15) is 0 Å². The van der Waals surface area contributed by atoms with Crippen molar-refractivity contribution in [3.8, 4) is 11.8 Å². The monoisotopic (exact) mass is 327 g/mol. The fourth-order valence-electron chi connectivity index (χ4n) is 2.08. The highest BCUT2D eigenvalue weighted by Gasteiger charge is 2.24. The smallest absolute Gasteiger partial charge is 0.240 e. The average Bonchev–Trinajstić information content (AvgIpc) is 2.48. The average molecular weight is 327 g/mol. The van der Waals surface area contributed by atoms with Crippen LogP contribution in [0.15, 0.2) is 29.2 Å². The van der Waals surface area contributed by atoms with Crippen LogP contribution in [0.2, 0.25) is 0 Å². The highest BCUT2D eigenvalue weighted by molar-refractivity contribution is 7.89. The third kappa shape index (κ3) is 4.64. The van der Waals surface area contributed by atoms with Gasteiger partial charge in [0.15, 0.2) is 0 Å². The second-order valence-electron chi connectivity index (χ2n) is 4.73. The number of nitrogens with one attached hydrogen (secondary N) is 1. The summed E-state index contributed by atoms with van der Waals surface area (Å²) in [4.78, 5) is 0.152. The van der Waals surface area contributed by atoms with Crippen molar-refractivity contribution >= 4 is 20.8 Å². The van der Waals surface area contributed by atoms with Gasteiger partial charge in [0.25, 0.3) is 0 Å². The van der Waals surface area contributed by atoms with E-state index in [9.17, 15) is 12.6 Å². The maximum atomic E-state index is 12.3. The quantitative estimate of drug-likeness (QED) is 0.778. The highest BCUT2D eigenvalue weighted by atomic mass is 32.2. The standard InChI is InChI=1S/C14H17NO4S2/c16-8-2-4-12-3-1-5-14(11-12)21(18,19)15-13-6-9-20(17)10-7-13/h1,3,5,11,13,15-16H,6-10H2. The summed E-state index contributed by atoms with van der Waals surface area (Å²) >= 11 is 0. The molecule has 5 nitrogen and oxygen atoms in total. The van der Waals surface area contributed by atoms with Gasteiger partial charge in [0.1, 0.15) is 6.61 Å². The van der Waals surface area contributed by atoms with E-state index >= 15 is 0 Å². The zero-order chi connectivity index (χ0) is 15.3. The molecule has 0 bridgehead atoms. The second-order valence-corrected chi connectivity index (χ2v) is 8.14. The minimum atomic E-state index is -3.60. The van der Waals surface area contributed by atoms with Crippen molar-refractivity contribution in [2.24, 2.45) is 0 Å². The Balaban J connectivity index is 2.14. The Bertz CT molecular complexity index is 678. The molecule has 1 aliphatic heterocycles. The van der Waals surface area contributed by atoms with Gasteiger partial charge in [-0.05, 0) is 31.0 Å². The summed E-state index contributed by atoms with van der Waals surface area (Å²) in [6.07, 6.45) is 1.19. The lowest BCUT2D eigenvalue weighted by Gasteiger charge is -2.22. The van der Waals surface area contributed by atoms with Gasteiger partial charge >= 0.3 is 0 Å². The largest absolute Gasteiger partial charge is 0.384 e. The van der Waals surface area contributed by atoms with Gasteiger partial charge in [-0.15, -0.1) is 0 Å². The van der Waals surface area contributed by atoms with E-state index in [4.69, 9.17) is 5.11 Å². The molecule has 1 saturated heterocycles. The predicted octanol–water partition coefficient (Wildman–Crippen LogP) is 0.220. The van der Waals surface area contributed by atoms with Gasteiger partial charge < -0.3 is 5.11 Å². The molecule has 0 radical (unpaired) electrons. The molecular formula is C14H17NO4S2. The first-order valence-corrected chi connectivity index (χ1v) is 9.55. The fraction of sp³-hybridized carbons (Fsp3) is 0.429. The SMILES string of the molecule is O=S1CCC(NS(=O)(=O)c2cccc(C#CCO)c2)CC1. The molecule has 1 aromatic rings. The van der Waals surface area contributed by atoms with Crippen LogP contribution in [-0.2, 0) is 20.8 Å². The molecule has 21 heavy (non-hydrogen) atoms. The van der Waals surface area contributed by atoms with E-state index in [1.807, 2.05) is 0 Å². The van der Waals surface area contributed by atoms with Gasteiger partial charge in [0.05, 0.1) is 4.90 Å². The Morgan fingerprint density at radius 1 is 1.33 bits per heavy atom. The van der Waals surface area contributed by atoms with Crippen molar-refractivity contribution in [3.63, 3.8) is 0 Å². The summed E-state index contributed by atoms with van der Waals surface area (Å²) < 4.78 is 38.6. The van der Waals surface area contributed by atoms with Crippen LogP contribution in [0, 0.1) is 11.8 Å². The molecule has 0 atom stereocenters.